The lowest BCUT2D eigenvalue weighted by molar-refractivity contribution is 0.280. The van der Waals surface area contributed by atoms with Gasteiger partial charge >= 0.3 is 0 Å². The Bertz CT molecular complexity index is 393. The molecule has 1 aromatic carbocycles. The molecule has 1 aliphatic rings. The third kappa shape index (κ3) is 2.64. The number of halogens is 2. The van der Waals surface area contributed by atoms with E-state index in [2.05, 4.69) is 0 Å². The summed E-state index contributed by atoms with van der Waals surface area (Å²) in [5.41, 5.74) is 0.296. The second-order valence-corrected chi connectivity index (χ2v) is 4.97. The lowest BCUT2D eigenvalue weighted by atomic mass is 9.94. The molecule has 0 bridgehead atoms. The van der Waals surface area contributed by atoms with E-state index in [1.54, 1.807) is 11.9 Å². The Morgan fingerprint density at radius 2 is 1.72 bits per heavy atom. The molecule has 1 aromatic rings. The van der Waals surface area contributed by atoms with Gasteiger partial charge in [-0.1, -0.05) is 19.3 Å². The van der Waals surface area contributed by atoms with Gasteiger partial charge in [-0.15, -0.1) is 0 Å². The van der Waals surface area contributed by atoms with Crippen molar-refractivity contribution in [2.45, 2.75) is 44.8 Å². The third-order valence-electron chi connectivity index (χ3n) is 3.73. The van der Waals surface area contributed by atoms with Gasteiger partial charge < -0.3 is 10.0 Å². The first-order chi connectivity index (χ1) is 8.63. The second-order valence-electron chi connectivity index (χ2n) is 4.97. The fraction of sp³-hybridized carbons (Fsp3) is 0.571. The van der Waals surface area contributed by atoms with Crippen LogP contribution in [-0.2, 0) is 6.61 Å². The maximum absolute atomic E-state index is 13.9. The standard InChI is InChI=1S/C14H19F2NO/c1-17(11-5-3-2-4-6-11)14-12(15)7-10(9-18)8-13(14)16/h7-8,11,18H,2-6,9H2,1H3. The van der Waals surface area contributed by atoms with Gasteiger partial charge in [0.15, 0.2) is 0 Å². The van der Waals surface area contributed by atoms with Crippen LogP contribution in [0.5, 0.6) is 0 Å². The number of rotatable bonds is 3. The summed E-state index contributed by atoms with van der Waals surface area (Å²) in [7, 11) is 1.75. The highest BCUT2D eigenvalue weighted by Crippen LogP contribution is 2.30. The fourth-order valence-electron chi connectivity index (χ4n) is 2.70. The van der Waals surface area contributed by atoms with Gasteiger partial charge in [0.25, 0.3) is 0 Å². The maximum atomic E-state index is 13.9. The lowest BCUT2D eigenvalue weighted by Crippen LogP contribution is -2.34. The predicted octanol–water partition coefficient (Wildman–Crippen LogP) is 3.23. The summed E-state index contributed by atoms with van der Waals surface area (Å²) in [6.45, 7) is -0.346. The lowest BCUT2D eigenvalue weighted by Gasteiger charge is -2.33. The Hall–Kier alpha value is -1.16. The topological polar surface area (TPSA) is 23.5 Å². The zero-order valence-electron chi connectivity index (χ0n) is 10.6. The summed E-state index contributed by atoms with van der Waals surface area (Å²) in [4.78, 5) is 1.71. The molecule has 1 fully saturated rings. The Balaban J connectivity index is 2.26. The molecule has 0 heterocycles. The number of nitrogens with zero attached hydrogens (tertiary/aromatic N) is 1. The van der Waals surface area contributed by atoms with Gasteiger partial charge in [-0.05, 0) is 30.5 Å². The minimum atomic E-state index is -0.591. The van der Waals surface area contributed by atoms with Crippen LogP contribution in [0.4, 0.5) is 14.5 Å². The number of aliphatic hydroxyl groups is 1. The van der Waals surface area contributed by atoms with Gasteiger partial charge in [0, 0.05) is 13.1 Å². The summed E-state index contributed by atoms with van der Waals surface area (Å²) in [6.07, 6.45) is 5.41. The van der Waals surface area contributed by atoms with Crippen molar-refractivity contribution < 1.29 is 13.9 Å². The van der Waals surface area contributed by atoms with Crippen molar-refractivity contribution in [2.24, 2.45) is 0 Å². The zero-order chi connectivity index (χ0) is 13.1. The van der Waals surface area contributed by atoms with E-state index >= 15 is 0 Å². The van der Waals surface area contributed by atoms with Crippen LogP contribution in [0.15, 0.2) is 12.1 Å². The summed E-state index contributed by atoms with van der Waals surface area (Å²) in [5, 5.41) is 8.92. The Morgan fingerprint density at radius 3 is 2.22 bits per heavy atom. The molecule has 1 saturated carbocycles. The molecule has 0 unspecified atom stereocenters. The van der Waals surface area contributed by atoms with E-state index in [-0.39, 0.29) is 23.9 Å². The molecule has 0 aliphatic heterocycles. The summed E-state index contributed by atoms with van der Waals surface area (Å²) < 4.78 is 27.8. The molecule has 0 saturated heterocycles. The quantitative estimate of drug-likeness (QED) is 0.896. The molecule has 0 aromatic heterocycles. The van der Waals surface area contributed by atoms with E-state index in [0.29, 0.717) is 0 Å². The molecule has 100 valence electrons. The third-order valence-corrected chi connectivity index (χ3v) is 3.73. The highest BCUT2D eigenvalue weighted by Gasteiger charge is 2.23. The molecule has 1 N–H and O–H groups in total. The largest absolute Gasteiger partial charge is 0.392 e. The van der Waals surface area contributed by atoms with Gasteiger partial charge in [-0.25, -0.2) is 8.78 Å². The molecule has 0 radical (unpaired) electrons. The average Bonchev–Trinajstić information content (AvgIpc) is 2.38. The van der Waals surface area contributed by atoms with E-state index < -0.39 is 11.6 Å². The van der Waals surface area contributed by atoms with Crippen LogP contribution in [0.1, 0.15) is 37.7 Å². The summed E-state index contributed by atoms with van der Waals surface area (Å²) >= 11 is 0. The van der Waals surface area contributed by atoms with Crippen molar-refractivity contribution in [3.8, 4) is 0 Å². The Kier molecular flexibility index (Phi) is 4.17. The zero-order valence-corrected chi connectivity index (χ0v) is 10.6. The number of hydrogen-bond donors (Lipinski definition) is 1. The van der Waals surface area contributed by atoms with Gasteiger partial charge in [0.1, 0.15) is 17.3 Å². The highest BCUT2D eigenvalue weighted by atomic mass is 19.1. The minimum Gasteiger partial charge on any atom is -0.392 e. The van der Waals surface area contributed by atoms with Crippen LogP contribution in [-0.4, -0.2) is 18.2 Å². The highest BCUT2D eigenvalue weighted by molar-refractivity contribution is 5.51. The molecule has 0 spiro atoms. The molecule has 0 atom stereocenters. The molecule has 2 nitrogen and oxygen atoms in total. The molecule has 0 amide bonds. The van der Waals surface area contributed by atoms with E-state index in [1.807, 2.05) is 0 Å². The first kappa shape index (κ1) is 13.3. The summed E-state index contributed by atoms with van der Waals surface area (Å²) in [6, 6.07) is 2.62. The molecule has 18 heavy (non-hydrogen) atoms. The number of aliphatic hydroxyl groups excluding tert-OH is 1. The van der Waals surface area contributed by atoms with Gasteiger partial charge in [0.2, 0.25) is 0 Å². The maximum Gasteiger partial charge on any atom is 0.149 e. The fourth-order valence-corrected chi connectivity index (χ4v) is 2.70. The van der Waals surface area contributed by atoms with Crippen molar-refractivity contribution in [1.29, 1.82) is 0 Å². The SMILES string of the molecule is CN(c1c(F)cc(CO)cc1F)C1CCCCC1. The van der Waals surface area contributed by atoms with Gasteiger partial charge in [0.05, 0.1) is 6.61 Å². The van der Waals surface area contributed by atoms with Gasteiger partial charge in [-0.3, -0.25) is 0 Å². The Labute approximate surface area is 106 Å². The van der Waals surface area contributed by atoms with Crippen LogP contribution in [0.2, 0.25) is 0 Å². The Morgan fingerprint density at radius 1 is 1.17 bits per heavy atom. The van der Waals surface area contributed by atoms with E-state index in [9.17, 15) is 8.78 Å². The summed E-state index contributed by atoms with van der Waals surface area (Å²) in [5.74, 6) is -1.18. The number of anilines is 1. The van der Waals surface area contributed by atoms with Crippen LogP contribution in [0.25, 0.3) is 0 Å². The normalized spacial score (nSPS) is 16.9. The average molecular weight is 255 g/mol. The molecule has 4 heteroatoms. The first-order valence-corrected chi connectivity index (χ1v) is 6.45. The predicted molar refractivity (Wildman–Crippen MR) is 67.6 cm³/mol. The van der Waals surface area contributed by atoms with Crippen LogP contribution in [0, 0.1) is 11.6 Å². The molecular weight excluding hydrogens is 236 g/mol. The van der Waals surface area contributed by atoms with Crippen molar-refractivity contribution in [3.05, 3.63) is 29.3 Å². The molecular formula is C14H19F2NO. The molecule has 1 aliphatic carbocycles. The molecule has 2 rings (SSSR count). The minimum absolute atomic E-state index is 0.0269. The van der Waals surface area contributed by atoms with Crippen molar-refractivity contribution in [3.63, 3.8) is 0 Å². The van der Waals surface area contributed by atoms with Crippen molar-refractivity contribution >= 4 is 5.69 Å². The second kappa shape index (κ2) is 5.65. The number of hydrogen-bond acceptors (Lipinski definition) is 2. The van der Waals surface area contributed by atoms with Crippen LogP contribution < -0.4 is 4.90 Å². The van der Waals surface area contributed by atoms with Gasteiger partial charge in [-0.2, -0.15) is 0 Å². The van der Waals surface area contributed by atoms with Crippen molar-refractivity contribution in [1.82, 2.24) is 0 Å². The van der Waals surface area contributed by atoms with Crippen LogP contribution >= 0.6 is 0 Å². The first-order valence-electron chi connectivity index (χ1n) is 6.45. The van der Waals surface area contributed by atoms with E-state index in [4.69, 9.17) is 5.11 Å². The van der Waals surface area contributed by atoms with Crippen LogP contribution in [0.3, 0.4) is 0 Å². The van der Waals surface area contributed by atoms with Crippen molar-refractivity contribution in [2.75, 3.05) is 11.9 Å². The monoisotopic (exact) mass is 255 g/mol. The smallest absolute Gasteiger partial charge is 0.149 e. The van der Waals surface area contributed by atoms with E-state index in [0.717, 1.165) is 25.7 Å². The number of benzene rings is 1. The van der Waals surface area contributed by atoms with E-state index in [1.165, 1.54) is 18.6 Å².